The Bertz CT molecular complexity index is 2520. The molecule has 1 rings (SSSR count). The monoisotopic (exact) mass is 1300 g/mol. The number of hydrogen-bond donors (Lipinski definition) is 5. The summed E-state index contributed by atoms with van der Waals surface area (Å²) in [6, 6.07) is -11.4. The van der Waals surface area contributed by atoms with Crippen LogP contribution in [0, 0.1) is 47.3 Å². The molecule has 0 aliphatic carbocycles. The van der Waals surface area contributed by atoms with Crippen molar-refractivity contribution in [3.8, 4) is 0 Å². The Labute approximate surface area is 549 Å². The highest BCUT2D eigenvalue weighted by molar-refractivity contribution is 5.99. The smallest absolute Gasteiger partial charge is 0.246 e. The number of ketones is 1. The molecule has 0 saturated carbocycles. The van der Waals surface area contributed by atoms with Gasteiger partial charge < -0.3 is 65.4 Å². The number of ether oxygens (including phenoxy) is 1. The number of rotatable bonds is 20. The third-order valence-corrected chi connectivity index (χ3v) is 17.2. The molecule has 0 aromatic heterocycles. The van der Waals surface area contributed by atoms with Gasteiger partial charge in [-0.1, -0.05) is 103 Å². The molecule has 11 amide bonds. The van der Waals surface area contributed by atoms with Gasteiger partial charge in [0.25, 0.3) is 0 Å². The highest BCUT2D eigenvalue weighted by Gasteiger charge is 2.46. The standard InChI is InChI=1S/C67H119N11O14/c1-25-48-64(88)72(18)37-55(81)73(19)49(32-38(3)4)53(79)36-47(42(11)12)63(87)74(20)50(33-39(5)6)60(84)69-45(16)59(83)70-46(17)62(86)75(21)51(34-40(7)8)65(89)76(22)52(35-41(9)10)66(90)77(23)56(43(13)14)67(91)78(24)57(61(85)71-48)58(82)44(15)28-27-29-54(80)68-30-31-92-26-2/h27,29,38-52,56-58,82H,25-26,28,30-37H2,1-24H3,(H,68,80)(H,69,84)(H,70,83)(H,71,85)/t44-,45+,46+,47+,48+,49+,50+,51+,52+,56+,57?,58-/m0/s1. The Morgan fingerprint density at radius 3 is 1.50 bits per heavy atom. The van der Waals surface area contributed by atoms with Gasteiger partial charge in [-0.3, -0.25) is 57.5 Å². The van der Waals surface area contributed by atoms with Crippen molar-refractivity contribution in [2.75, 3.05) is 75.6 Å². The summed E-state index contributed by atoms with van der Waals surface area (Å²) in [7, 11) is 9.86. The van der Waals surface area contributed by atoms with Crippen LogP contribution in [-0.2, 0) is 62.3 Å². The van der Waals surface area contributed by atoms with Gasteiger partial charge in [-0.2, -0.15) is 0 Å². The van der Waals surface area contributed by atoms with Crippen LogP contribution in [0.25, 0.3) is 0 Å². The fourth-order valence-electron chi connectivity index (χ4n) is 11.5. The summed E-state index contributed by atoms with van der Waals surface area (Å²) in [5, 5.41) is 23.1. The van der Waals surface area contributed by atoms with Crippen molar-refractivity contribution < 1.29 is 67.4 Å². The molecule has 12 atom stereocenters. The molecule has 526 valence electrons. The number of carbonyl (C=O) groups is 12. The fourth-order valence-corrected chi connectivity index (χ4v) is 11.5. The molecule has 25 nitrogen and oxygen atoms in total. The Morgan fingerprint density at radius 2 is 1.01 bits per heavy atom. The number of allylic oxidation sites excluding steroid dienone is 1. The number of aliphatic hydroxyl groups is 1. The van der Waals surface area contributed by atoms with Crippen LogP contribution in [0.1, 0.15) is 163 Å². The second-order valence-corrected chi connectivity index (χ2v) is 27.7. The SMILES string of the molecule is CCOCCNC(=O)C=CC[C@H](C)[C@H](O)C1C(=O)N[C@H](CC)C(=O)N(C)CC(=O)N(C)[C@H](CC(C)C)C(=O)C[C@H](C(C)C)C(=O)N(C)[C@H](CC(C)C)C(=O)N[C@H](C)C(=O)N[C@H](C)C(=O)N(C)[C@H](CC(C)C)C(=O)N(C)[C@H](CC(C)C)C(=O)N(C)[C@H](C(C)C)C(=O)N1C. The Kier molecular flexibility index (Phi) is 35.6. The lowest BCUT2D eigenvalue weighted by atomic mass is 9.85. The van der Waals surface area contributed by atoms with E-state index in [1.807, 2.05) is 62.3 Å². The van der Waals surface area contributed by atoms with E-state index in [4.69, 9.17) is 4.74 Å². The third kappa shape index (κ3) is 24.8. The maximum absolute atomic E-state index is 15.3. The van der Waals surface area contributed by atoms with Crippen molar-refractivity contribution in [1.82, 2.24) is 55.6 Å². The zero-order valence-corrected chi connectivity index (χ0v) is 60.2. The van der Waals surface area contributed by atoms with Crippen molar-refractivity contribution in [2.45, 2.75) is 223 Å². The lowest BCUT2D eigenvalue weighted by molar-refractivity contribution is -0.157. The van der Waals surface area contributed by atoms with Crippen molar-refractivity contribution in [1.29, 1.82) is 0 Å². The normalized spacial score (nSPS) is 25.8. The van der Waals surface area contributed by atoms with Gasteiger partial charge >= 0.3 is 0 Å². The van der Waals surface area contributed by atoms with E-state index < -0.39 is 161 Å². The number of nitrogens with zero attached hydrogens (tertiary/aromatic N) is 7. The number of aliphatic hydroxyl groups excluding tert-OH is 1. The first-order valence-corrected chi connectivity index (χ1v) is 33.1. The fraction of sp³-hybridized carbons (Fsp3) is 0.791. The molecular formula is C67H119N11O14. The minimum Gasteiger partial charge on any atom is -0.390 e. The second kappa shape index (κ2) is 39.3. The van der Waals surface area contributed by atoms with Gasteiger partial charge in [0.1, 0.15) is 48.3 Å². The molecule has 0 aromatic carbocycles. The predicted octanol–water partition coefficient (Wildman–Crippen LogP) is 3.49. The largest absolute Gasteiger partial charge is 0.390 e. The van der Waals surface area contributed by atoms with E-state index in [2.05, 4.69) is 21.3 Å². The van der Waals surface area contributed by atoms with Crippen LogP contribution < -0.4 is 21.3 Å². The molecule has 1 unspecified atom stereocenters. The highest BCUT2D eigenvalue weighted by Crippen LogP contribution is 2.28. The van der Waals surface area contributed by atoms with E-state index in [1.54, 1.807) is 41.5 Å². The highest BCUT2D eigenvalue weighted by atomic mass is 16.5. The van der Waals surface area contributed by atoms with Gasteiger partial charge in [0.15, 0.2) is 5.78 Å². The van der Waals surface area contributed by atoms with Gasteiger partial charge in [-0.15, -0.1) is 0 Å². The molecule has 0 aromatic rings. The number of Topliss-reactive ketones (excluding diaryl/α,β-unsaturated/α-hetero) is 1. The Morgan fingerprint density at radius 1 is 0.543 bits per heavy atom. The van der Waals surface area contributed by atoms with Crippen molar-refractivity contribution in [3.05, 3.63) is 12.2 Å². The van der Waals surface area contributed by atoms with E-state index in [1.165, 1.54) is 99.8 Å². The molecule has 25 heteroatoms. The van der Waals surface area contributed by atoms with E-state index in [9.17, 15) is 43.5 Å². The maximum Gasteiger partial charge on any atom is 0.246 e. The van der Waals surface area contributed by atoms with Gasteiger partial charge in [0.05, 0.1) is 25.3 Å². The number of hydrogen-bond acceptors (Lipinski definition) is 14. The van der Waals surface area contributed by atoms with Crippen LogP contribution in [0.4, 0.5) is 0 Å². The first-order chi connectivity index (χ1) is 42.6. The summed E-state index contributed by atoms with van der Waals surface area (Å²) >= 11 is 0. The molecule has 0 radical (unpaired) electrons. The van der Waals surface area contributed by atoms with Crippen LogP contribution in [0.3, 0.4) is 0 Å². The first kappa shape index (κ1) is 83.5. The van der Waals surface area contributed by atoms with E-state index in [-0.39, 0.29) is 75.2 Å². The van der Waals surface area contributed by atoms with Gasteiger partial charge in [-0.05, 0) is 107 Å². The first-order valence-electron chi connectivity index (χ1n) is 33.1. The van der Waals surface area contributed by atoms with Crippen molar-refractivity contribution in [2.24, 2.45) is 47.3 Å². The van der Waals surface area contributed by atoms with Crippen molar-refractivity contribution >= 4 is 70.8 Å². The molecule has 1 heterocycles. The molecule has 1 saturated heterocycles. The summed E-state index contributed by atoms with van der Waals surface area (Å²) in [4.78, 5) is 182. The van der Waals surface area contributed by atoms with Gasteiger partial charge in [-0.25, -0.2) is 0 Å². The summed E-state index contributed by atoms with van der Waals surface area (Å²) < 4.78 is 5.30. The number of carbonyl (C=O) groups excluding carboxylic acids is 12. The van der Waals surface area contributed by atoms with Crippen LogP contribution in [0.5, 0.6) is 0 Å². The topological polar surface area (TPSA) is 305 Å². The quantitative estimate of drug-likeness (QED) is 0.0862. The zero-order valence-electron chi connectivity index (χ0n) is 60.2. The number of amides is 11. The minimum atomic E-state index is -1.73. The zero-order chi connectivity index (χ0) is 71.1. The summed E-state index contributed by atoms with van der Waals surface area (Å²) in [5.41, 5.74) is 0. The van der Waals surface area contributed by atoms with Crippen LogP contribution >= 0.6 is 0 Å². The van der Waals surface area contributed by atoms with E-state index in [0.29, 0.717) is 13.2 Å². The molecule has 1 aliphatic rings. The summed E-state index contributed by atoms with van der Waals surface area (Å²) in [6.45, 7) is 30.3. The van der Waals surface area contributed by atoms with Gasteiger partial charge in [0.2, 0.25) is 65.0 Å². The Hall–Kier alpha value is -6.50. The average Bonchev–Trinajstić information content (AvgIpc) is 0.852. The van der Waals surface area contributed by atoms with Crippen LogP contribution in [-0.4, -0.2) is 246 Å². The van der Waals surface area contributed by atoms with Crippen LogP contribution in [0.2, 0.25) is 0 Å². The number of likely N-dealkylation sites (N-methyl/N-ethyl adjacent to an activating group) is 7. The molecule has 1 aliphatic heterocycles. The Balaban J connectivity index is 4.35. The lowest BCUT2D eigenvalue weighted by Crippen LogP contribution is -2.63. The second-order valence-electron chi connectivity index (χ2n) is 27.7. The average molecular weight is 1300 g/mol. The van der Waals surface area contributed by atoms with Crippen molar-refractivity contribution in [3.63, 3.8) is 0 Å². The van der Waals surface area contributed by atoms with E-state index >= 15 is 19.2 Å². The molecule has 1 fully saturated rings. The third-order valence-electron chi connectivity index (χ3n) is 17.2. The number of nitrogens with one attached hydrogen (secondary N) is 4. The summed E-state index contributed by atoms with van der Waals surface area (Å²) in [5.74, 6) is -11.2. The van der Waals surface area contributed by atoms with Crippen LogP contribution in [0.15, 0.2) is 12.2 Å². The maximum atomic E-state index is 15.3. The molecular weight excluding hydrogens is 1180 g/mol. The summed E-state index contributed by atoms with van der Waals surface area (Å²) in [6.07, 6.45) is 1.47. The van der Waals surface area contributed by atoms with E-state index in [0.717, 1.165) is 9.80 Å². The van der Waals surface area contributed by atoms with Gasteiger partial charge in [0, 0.05) is 74.8 Å². The lowest BCUT2D eigenvalue weighted by Gasteiger charge is -2.41. The minimum absolute atomic E-state index is 0.0201. The molecule has 0 spiro atoms. The molecule has 0 bridgehead atoms. The molecule has 5 N–H and O–H groups in total. The predicted molar refractivity (Wildman–Crippen MR) is 353 cm³/mol. The molecule has 92 heavy (non-hydrogen) atoms.